The van der Waals surface area contributed by atoms with E-state index in [1.54, 1.807) is 36.4 Å². The van der Waals surface area contributed by atoms with Crippen LogP contribution < -0.4 is 4.72 Å². The molecule has 3 aromatic carbocycles. The van der Waals surface area contributed by atoms with Gasteiger partial charge in [-0.15, -0.1) is 0 Å². The first kappa shape index (κ1) is 20.2. The highest BCUT2D eigenvalue weighted by molar-refractivity contribution is 7.90. The molecular weight excluding hydrogens is 418 g/mol. The van der Waals surface area contributed by atoms with Crippen molar-refractivity contribution in [3.63, 3.8) is 0 Å². The molecule has 30 heavy (non-hydrogen) atoms. The highest BCUT2D eigenvalue weighted by Crippen LogP contribution is 2.25. The number of hydrogen-bond donors (Lipinski definition) is 1. The van der Waals surface area contributed by atoms with Gasteiger partial charge in [0.25, 0.3) is 10.0 Å². The standard InChI is InChI=1S/C22H19N3O3S2/c1-15-7-9-16(10-8-15)13-19(17-11-12-20-21(14-17)24-29-23-20)22(26)25-30(27,28)18-5-3-2-4-6-18/h2-12,14,19H,13H2,1H3,(H,25,26). The van der Waals surface area contributed by atoms with Crippen LogP contribution in [-0.4, -0.2) is 23.1 Å². The van der Waals surface area contributed by atoms with E-state index in [0.717, 1.165) is 28.4 Å². The molecule has 0 radical (unpaired) electrons. The molecule has 0 fully saturated rings. The molecule has 1 aromatic heterocycles. The predicted molar refractivity (Wildman–Crippen MR) is 117 cm³/mol. The maximum atomic E-state index is 13.2. The summed E-state index contributed by atoms with van der Waals surface area (Å²) in [6.45, 7) is 1.99. The Morgan fingerprint density at radius 2 is 1.67 bits per heavy atom. The van der Waals surface area contributed by atoms with E-state index >= 15 is 0 Å². The number of rotatable bonds is 6. The Morgan fingerprint density at radius 1 is 0.967 bits per heavy atom. The van der Waals surface area contributed by atoms with E-state index < -0.39 is 21.8 Å². The van der Waals surface area contributed by atoms with Crippen molar-refractivity contribution in [2.75, 3.05) is 0 Å². The van der Waals surface area contributed by atoms with Gasteiger partial charge in [0.2, 0.25) is 5.91 Å². The zero-order valence-corrected chi connectivity index (χ0v) is 17.8. The molecule has 6 nitrogen and oxygen atoms in total. The Bertz CT molecular complexity index is 1280. The lowest BCUT2D eigenvalue weighted by Gasteiger charge is -2.18. The van der Waals surface area contributed by atoms with E-state index in [-0.39, 0.29) is 4.90 Å². The first-order valence-corrected chi connectivity index (χ1v) is 11.5. The lowest BCUT2D eigenvalue weighted by molar-refractivity contribution is -0.120. The van der Waals surface area contributed by atoms with Gasteiger partial charge in [-0.3, -0.25) is 4.79 Å². The van der Waals surface area contributed by atoms with Gasteiger partial charge in [0.05, 0.1) is 22.5 Å². The Balaban J connectivity index is 1.68. The summed E-state index contributed by atoms with van der Waals surface area (Å²) in [5.74, 6) is -1.28. The molecule has 0 aliphatic rings. The largest absolute Gasteiger partial charge is 0.273 e. The number of aromatic nitrogens is 2. The average molecular weight is 438 g/mol. The van der Waals surface area contributed by atoms with E-state index in [9.17, 15) is 13.2 Å². The summed E-state index contributed by atoms with van der Waals surface area (Å²) >= 11 is 1.10. The average Bonchev–Trinajstić information content (AvgIpc) is 3.21. The first-order chi connectivity index (χ1) is 14.4. The molecule has 1 unspecified atom stereocenters. The third-order valence-electron chi connectivity index (χ3n) is 4.85. The van der Waals surface area contributed by atoms with Crippen LogP contribution in [0.5, 0.6) is 0 Å². The number of aryl methyl sites for hydroxylation is 1. The minimum absolute atomic E-state index is 0.0478. The lowest BCUT2D eigenvalue weighted by Crippen LogP contribution is -2.35. The van der Waals surface area contributed by atoms with Crippen molar-refractivity contribution < 1.29 is 13.2 Å². The smallest absolute Gasteiger partial charge is 0.264 e. The van der Waals surface area contributed by atoms with Crippen molar-refractivity contribution in [1.82, 2.24) is 13.5 Å². The molecule has 0 aliphatic carbocycles. The molecule has 4 aromatic rings. The third-order valence-corrected chi connectivity index (χ3v) is 6.76. The van der Waals surface area contributed by atoms with Gasteiger partial charge >= 0.3 is 0 Å². The fraction of sp³-hybridized carbons (Fsp3) is 0.136. The van der Waals surface area contributed by atoms with Crippen LogP contribution in [0.25, 0.3) is 11.0 Å². The zero-order chi connectivity index (χ0) is 21.1. The quantitative estimate of drug-likeness (QED) is 0.495. The van der Waals surface area contributed by atoms with Crippen molar-refractivity contribution in [3.05, 3.63) is 89.5 Å². The molecule has 4 rings (SSSR count). The molecule has 0 saturated heterocycles. The number of amides is 1. The van der Waals surface area contributed by atoms with Crippen LogP contribution in [0.4, 0.5) is 0 Å². The fourth-order valence-electron chi connectivity index (χ4n) is 3.20. The van der Waals surface area contributed by atoms with E-state index in [2.05, 4.69) is 13.5 Å². The fourth-order valence-corrected chi connectivity index (χ4v) is 4.76. The summed E-state index contributed by atoms with van der Waals surface area (Å²) in [5.41, 5.74) is 4.17. The Labute approximate surface area is 179 Å². The topological polar surface area (TPSA) is 89.0 Å². The molecule has 152 valence electrons. The second-order valence-corrected chi connectivity index (χ2v) is 9.25. The minimum atomic E-state index is -3.97. The molecule has 0 bridgehead atoms. The summed E-state index contributed by atoms with van der Waals surface area (Å²) in [6, 6.07) is 21.1. The van der Waals surface area contributed by atoms with Gasteiger partial charge in [-0.05, 0) is 48.7 Å². The molecule has 8 heteroatoms. The Hall–Kier alpha value is -3.10. The number of fused-ring (bicyclic) bond motifs is 1. The third kappa shape index (κ3) is 4.39. The van der Waals surface area contributed by atoms with Gasteiger partial charge in [-0.1, -0.05) is 54.1 Å². The summed E-state index contributed by atoms with van der Waals surface area (Å²) in [7, 11) is -3.97. The van der Waals surface area contributed by atoms with Crippen LogP contribution in [0, 0.1) is 6.92 Å². The number of sulfonamides is 1. The Kier molecular flexibility index (Phi) is 5.61. The van der Waals surface area contributed by atoms with E-state index in [4.69, 9.17) is 0 Å². The molecule has 0 spiro atoms. The lowest BCUT2D eigenvalue weighted by atomic mass is 9.91. The van der Waals surface area contributed by atoms with Crippen LogP contribution >= 0.6 is 11.7 Å². The van der Waals surface area contributed by atoms with Gasteiger partial charge in [-0.2, -0.15) is 8.75 Å². The molecule has 1 heterocycles. The van der Waals surface area contributed by atoms with Crippen molar-refractivity contribution in [1.29, 1.82) is 0 Å². The van der Waals surface area contributed by atoms with Crippen LogP contribution in [0.3, 0.4) is 0 Å². The second-order valence-electron chi connectivity index (χ2n) is 7.04. The summed E-state index contributed by atoms with van der Waals surface area (Å²) in [4.78, 5) is 13.2. The number of hydrogen-bond acceptors (Lipinski definition) is 6. The number of benzene rings is 3. The van der Waals surface area contributed by atoms with Gasteiger partial charge < -0.3 is 0 Å². The summed E-state index contributed by atoms with van der Waals surface area (Å²) in [6.07, 6.45) is 0.361. The summed E-state index contributed by atoms with van der Waals surface area (Å²) in [5, 5.41) is 0. The van der Waals surface area contributed by atoms with E-state index in [0.29, 0.717) is 17.5 Å². The molecule has 0 saturated carbocycles. The second kappa shape index (κ2) is 8.33. The van der Waals surface area contributed by atoms with Crippen LogP contribution in [-0.2, 0) is 21.2 Å². The molecule has 1 amide bonds. The Morgan fingerprint density at radius 3 is 2.40 bits per heavy atom. The number of nitrogens with one attached hydrogen (secondary N) is 1. The van der Waals surface area contributed by atoms with Crippen LogP contribution in [0.2, 0.25) is 0 Å². The maximum absolute atomic E-state index is 13.2. The molecular formula is C22H19N3O3S2. The number of nitrogens with zero attached hydrogens (tertiary/aromatic N) is 2. The van der Waals surface area contributed by atoms with E-state index in [1.807, 2.05) is 31.2 Å². The minimum Gasteiger partial charge on any atom is -0.273 e. The van der Waals surface area contributed by atoms with Crippen molar-refractivity contribution in [2.45, 2.75) is 24.2 Å². The molecule has 0 aliphatic heterocycles. The van der Waals surface area contributed by atoms with Crippen molar-refractivity contribution in [2.24, 2.45) is 0 Å². The zero-order valence-electron chi connectivity index (χ0n) is 16.1. The normalized spacial score (nSPS) is 12.6. The first-order valence-electron chi connectivity index (χ1n) is 9.32. The number of carbonyl (C=O) groups is 1. The highest BCUT2D eigenvalue weighted by Gasteiger charge is 2.27. The van der Waals surface area contributed by atoms with Gasteiger partial charge in [-0.25, -0.2) is 13.1 Å². The van der Waals surface area contributed by atoms with Crippen molar-refractivity contribution in [3.8, 4) is 0 Å². The van der Waals surface area contributed by atoms with E-state index in [1.165, 1.54) is 12.1 Å². The van der Waals surface area contributed by atoms with Gasteiger partial charge in [0.15, 0.2) is 0 Å². The number of carbonyl (C=O) groups excluding carboxylic acids is 1. The SMILES string of the molecule is Cc1ccc(CC(C(=O)NS(=O)(=O)c2ccccc2)c2ccc3nsnc3c2)cc1. The molecule has 1 atom stereocenters. The van der Waals surface area contributed by atoms with Crippen LogP contribution in [0.1, 0.15) is 22.6 Å². The predicted octanol–water partition coefficient (Wildman–Crippen LogP) is 3.83. The van der Waals surface area contributed by atoms with Gasteiger partial charge in [0.1, 0.15) is 11.0 Å². The van der Waals surface area contributed by atoms with Crippen molar-refractivity contribution >= 4 is 38.7 Å². The highest BCUT2D eigenvalue weighted by atomic mass is 32.2. The monoisotopic (exact) mass is 437 g/mol. The summed E-state index contributed by atoms with van der Waals surface area (Å²) < 4.78 is 36.1. The maximum Gasteiger partial charge on any atom is 0.264 e. The van der Waals surface area contributed by atoms with Crippen LogP contribution in [0.15, 0.2) is 77.7 Å². The van der Waals surface area contributed by atoms with Gasteiger partial charge in [0, 0.05) is 0 Å². The molecule has 1 N–H and O–H groups in total.